The molecule has 0 amide bonds. The Labute approximate surface area is 238 Å². The zero-order valence-corrected chi connectivity index (χ0v) is 23.8. The molecule has 3 aromatic rings. The molecule has 0 spiro atoms. The summed E-state index contributed by atoms with van der Waals surface area (Å²) in [6.45, 7) is 7.92. The number of aromatic carboxylic acids is 1. The lowest BCUT2D eigenvalue weighted by molar-refractivity contribution is 0.0693. The Bertz CT molecular complexity index is 1330. The van der Waals surface area contributed by atoms with Crippen LogP contribution in [-0.4, -0.2) is 52.8 Å². The Morgan fingerprint density at radius 3 is 2.20 bits per heavy atom. The maximum atomic E-state index is 13.1. The number of fused-ring (bicyclic) bond motifs is 1. The van der Waals surface area contributed by atoms with Crippen LogP contribution in [-0.2, 0) is 25.9 Å². The number of Topliss-reactive ketones (excluding diaryl/α,β-unsaturated/α-hetero) is 1. The number of hydrogen-bond acceptors (Lipinski definition) is 4. The molecule has 1 N–H and O–H groups in total. The lowest BCUT2D eigenvalue weighted by Crippen LogP contribution is -2.33. The highest BCUT2D eigenvalue weighted by Gasteiger charge is 2.22. The summed E-state index contributed by atoms with van der Waals surface area (Å²) in [6.07, 6.45) is 6.90. The molecule has 0 bridgehead atoms. The summed E-state index contributed by atoms with van der Waals surface area (Å²) in [5.41, 5.74) is 7.65. The van der Waals surface area contributed by atoms with Crippen molar-refractivity contribution < 1.29 is 14.7 Å². The highest BCUT2D eigenvalue weighted by atomic mass is 16.4. The first kappa shape index (κ1) is 28.3. The minimum atomic E-state index is -0.857. The zero-order valence-electron chi connectivity index (χ0n) is 23.8. The van der Waals surface area contributed by atoms with Crippen molar-refractivity contribution in [1.29, 1.82) is 0 Å². The van der Waals surface area contributed by atoms with Crippen molar-refractivity contribution in [2.45, 2.75) is 65.0 Å². The van der Waals surface area contributed by atoms with Crippen LogP contribution in [0.1, 0.15) is 80.6 Å². The number of carbonyl (C=O) groups is 2. The van der Waals surface area contributed by atoms with Gasteiger partial charge in [-0.1, -0.05) is 54.6 Å². The van der Waals surface area contributed by atoms with Gasteiger partial charge in [0.1, 0.15) is 0 Å². The van der Waals surface area contributed by atoms with Crippen molar-refractivity contribution in [2.75, 3.05) is 26.2 Å². The fourth-order valence-corrected chi connectivity index (χ4v) is 6.37. The van der Waals surface area contributed by atoms with E-state index < -0.39 is 5.97 Å². The molecule has 40 heavy (non-hydrogen) atoms. The molecule has 3 aromatic carbocycles. The fraction of sp³-hybridized carbons (Fsp3) is 0.429. The summed E-state index contributed by atoms with van der Waals surface area (Å²) in [5, 5.41) is 9.45. The number of rotatable bonds is 10. The van der Waals surface area contributed by atoms with Crippen LogP contribution in [0.5, 0.6) is 0 Å². The van der Waals surface area contributed by atoms with Crippen molar-refractivity contribution in [3.8, 4) is 0 Å². The van der Waals surface area contributed by atoms with Gasteiger partial charge < -0.3 is 5.11 Å². The van der Waals surface area contributed by atoms with Crippen LogP contribution in [0.4, 0.5) is 0 Å². The van der Waals surface area contributed by atoms with Gasteiger partial charge in [-0.3, -0.25) is 14.6 Å². The lowest BCUT2D eigenvalue weighted by Gasteiger charge is -2.32. The van der Waals surface area contributed by atoms with Crippen molar-refractivity contribution in [3.05, 3.63) is 106 Å². The van der Waals surface area contributed by atoms with E-state index in [2.05, 4.69) is 53.1 Å². The van der Waals surface area contributed by atoms with Crippen LogP contribution in [0.2, 0.25) is 0 Å². The second-order valence-corrected chi connectivity index (χ2v) is 11.7. The first-order valence-electron chi connectivity index (χ1n) is 14.9. The first-order valence-corrected chi connectivity index (χ1v) is 14.9. The number of benzene rings is 3. The highest BCUT2D eigenvalue weighted by Crippen LogP contribution is 2.26. The summed E-state index contributed by atoms with van der Waals surface area (Å²) in [6, 6.07) is 22.4. The van der Waals surface area contributed by atoms with Gasteiger partial charge in [0.25, 0.3) is 0 Å². The SMILES string of the molecule is Cc1ccccc1CN1CCc2ccc(C(=O)CCCC3CCN(Cc4ccccc4C(=O)O)CC3)cc2CC1. The van der Waals surface area contributed by atoms with Crippen molar-refractivity contribution in [2.24, 2.45) is 5.92 Å². The van der Waals surface area contributed by atoms with Gasteiger partial charge in [-0.2, -0.15) is 0 Å². The molecule has 0 saturated carbocycles. The number of carboxylic acid groups (broad SMARTS) is 1. The second-order valence-electron chi connectivity index (χ2n) is 11.7. The van der Waals surface area contributed by atoms with Crippen molar-refractivity contribution in [1.82, 2.24) is 9.80 Å². The number of aryl methyl sites for hydroxylation is 1. The Kier molecular flexibility index (Phi) is 9.45. The molecule has 210 valence electrons. The van der Waals surface area contributed by atoms with Gasteiger partial charge in [0, 0.05) is 38.2 Å². The molecule has 1 fully saturated rings. The van der Waals surface area contributed by atoms with Gasteiger partial charge >= 0.3 is 5.97 Å². The average molecular weight is 539 g/mol. The van der Waals surface area contributed by atoms with Gasteiger partial charge in [-0.25, -0.2) is 4.79 Å². The number of carboxylic acids is 1. The second kappa shape index (κ2) is 13.4. The van der Waals surface area contributed by atoms with E-state index in [-0.39, 0.29) is 5.78 Å². The molecule has 0 unspecified atom stereocenters. The van der Waals surface area contributed by atoms with E-state index in [4.69, 9.17) is 0 Å². The van der Waals surface area contributed by atoms with Gasteiger partial charge in [0.05, 0.1) is 5.56 Å². The van der Waals surface area contributed by atoms with Gasteiger partial charge in [0.2, 0.25) is 0 Å². The Morgan fingerprint density at radius 2 is 1.45 bits per heavy atom. The third-order valence-corrected chi connectivity index (χ3v) is 8.94. The first-order chi connectivity index (χ1) is 19.5. The van der Waals surface area contributed by atoms with Crippen LogP contribution in [0.3, 0.4) is 0 Å². The van der Waals surface area contributed by atoms with Crippen LogP contribution in [0, 0.1) is 12.8 Å². The zero-order chi connectivity index (χ0) is 27.9. The normalized spacial score (nSPS) is 16.8. The van der Waals surface area contributed by atoms with Gasteiger partial charge in [-0.15, -0.1) is 0 Å². The third kappa shape index (κ3) is 7.26. The van der Waals surface area contributed by atoms with E-state index >= 15 is 0 Å². The lowest BCUT2D eigenvalue weighted by atomic mass is 9.90. The number of carbonyl (C=O) groups excluding carboxylic acids is 1. The van der Waals surface area contributed by atoms with Gasteiger partial charge in [-0.05, 0) is 104 Å². The van der Waals surface area contributed by atoms with Crippen molar-refractivity contribution in [3.63, 3.8) is 0 Å². The molecule has 1 saturated heterocycles. The van der Waals surface area contributed by atoms with Crippen LogP contribution < -0.4 is 0 Å². The molecule has 0 aromatic heterocycles. The molecular weight excluding hydrogens is 496 g/mol. The van der Waals surface area contributed by atoms with Crippen molar-refractivity contribution >= 4 is 11.8 Å². The number of hydrogen-bond donors (Lipinski definition) is 1. The van der Waals surface area contributed by atoms with E-state index in [0.717, 1.165) is 82.4 Å². The molecule has 5 rings (SSSR count). The van der Waals surface area contributed by atoms with E-state index in [9.17, 15) is 14.7 Å². The Hall–Kier alpha value is -3.28. The number of ketones is 1. The van der Waals surface area contributed by atoms with E-state index in [1.165, 1.54) is 22.3 Å². The number of nitrogens with zero attached hydrogens (tertiary/aromatic N) is 2. The van der Waals surface area contributed by atoms with E-state index in [1.54, 1.807) is 12.1 Å². The molecule has 5 heteroatoms. The minimum Gasteiger partial charge on any atom is -0.478 e. The summed E-state index contributed by atoms with van der Waals surface area (Å²) in [5.74, 6) is 0.0568. The topological polar surface area (TPSA) is 60.9 Å². The van der Waals surface area contributed by atoms with Crippen LogP contribution in [0.25, 0.3) is 0 Å². The molecule has 5 nitrogen and oxygen atoms in total. The maximum Gasteiger partial charge on any atom is 0.336 e. The Morgan fingerprint density at radius 1 is 0.800 bits per heavy atom. The molecule has 0 aliphatic carbocycles. The smallest absolute Gasteiger partial charge is 0.336 e. The number of piperidine rings is 1. The predicted molar refractivity (Wildman–Crippen MR) is 160 cm³/mol. The third-order valence-electron chi connectivity index (χ3n) is 8.94. The monoisotopic (exact) mass is 538 g/mol. The number of likely N-dealkylation sites (tertiary alicyclic amines) is 1. The Balaban J connectivity index is 1.06. The molecule has 2 aliphatic rings. The fourth-order valence-electron chi connectivity index (χ4n) is 6.37. The molecule has 2 heterocycles. The van der Waals surface area contributed by atoms with Gasteiger partial charge in [0.15, 0.2) is 5.78 Å². The summed E-state index contributed by atoms with van der Waals surface area (Å²) in [4.78, 5) is 29.5. The molecule has 0 atom stereocenters. The molecule has 0 radical (unpaired) electrons. The minimum absolute atomic E-state index is 0.270. The quantitative estimate of drug-likeness (QED) is 0.296. The molecule has 2 aliphatic heterocycles. The average Bonchev–Trinajstić information content (AvgIpc) is 3.17. The van der Waals surface area contributed by atoms with E-state index in [0.29, 0.717) is 24.4 Å². The van der Waals surface area contributed by atoms with Crippen LogP contribution >= 0.6 is 0 Å². The van der Waals surface area contributed by atoms with E-state index in [1.807, 2.05) is 18.2 Å². The maximum absolute atomic E-state index is 13.1. The summed E-state index contributed by atoms with van der Waals surface area (Å²) < 4.78 is 0. The molecular formula is C35H42N2O3. The standard InChI is InChI=1S/C35H42N2O3/c1-26-7-2-3-9-31(26)24-37-21-17-28-13-14-30(23-29(28)18-22-37)34(38)12-6-8-27-15-19-36(20-16-27)25-32-10-4-5-11-33(32)35(39)40/h2-5,7,9-11,13-14,23,27H,6,8,12,15-22,24-25H2,1H3,(H,39,40). The largest absolute Gasteiger partial charge is 0.478 e. The summed E-state index contributed by atoms with van der Waals surface area (Å²) >= 11 is 0. The van der Waals surface area contributed by atoms with Crippen LogP contribution in [0.15, 0.2) is 66.7 Å². The summed E-state index contributed by atoms with van der Waals surface area (Å²) in [7, 11) is 0. The predicted octanol–water partition coefficient (Wildman–Crippen LogP) is 6.56. The highest BCUT2D eigenvalue weighted by molar-refractivity contribution is 5.96.